The van der Waals surface area contributed by atoms with E-state index in [0.717, 1.165) is 5.56 Å². The van der Waals surface area contributed by atoms with E-state index in [0.29, 0.717) is 17.2 Å². The summed E-state index contributed by atoms with van der Waals surface area (Å²) in [6.07, 6.45) is 0. The summed E-state index contributed by atoms with van der Waals surface area (Å²) >= 11 is 0. The molecule has 0 atom stereocenters. The van der Waals surface area contributed by atoms with Crippen LogP contribution in [0.5, 0.6) is 11.5 Å². The number of rotatable bonds is 3. The van der Waals surface area contributed by atoms with Crippen LogP contribution in [0.15, 0.2) is 42.5 Å². The Morgan fingerprint density at radius 3 is 2.28 bits per heavy atom. The number of aryl methyl sites for hydroxylation is 1. The van der Waals surface area contributed by atoms with E-state index in [-0.39, 0.29) is 5.56 Å². The second kappa shape index (κ2) is 4.79. The van der Waals surface area contributed by atoms with Crippen molar-refractivity contribution in [2.75, 3.05) is 5.73 Å². The highest BCUT2D eigenvalue weighted by molar-refractivity contribution is 5.98. The summed E-state index contributed by atoms with van der Waals surface area (Å²) in [5, 5.41) is 0. The van der Waals surface area contributed by atoms with E-state index < -0.39 is 5.91 Å². The van der Waals surface area contributed by atoms with Gasteiger partial charge >= 0.3 is 0 Å². The van der Waals surface area contributed by atoms with E-state index >= 15 is 0 Å². The molecule has 4 N–H and O–H groups in total. The second-order valence-corrected chi connectivity index (χ2v) is 4.03. The van der Waals surface area contributed by atoms with Crippen molar-refractivity contribution in [2.45, 2.75) is 6.92 Å². The molecule has 4 nitrogen and oxygen atoms in total. The minimum absolute atomic E-state index is 0.264. The highest BCUT2D eigenvalue weighted by atomic mass is 16.5. The van der Waals surface area contributed by atoms with Crippen molar-refractivity contribution in [3.63, 3.8) is 0 Å². The number of nitrogens with two attached hydrogens (primary N) is 2. The van der Waals surface area contributed by atoms with Crippen molar-refractivity contribution < 1.29 is 9.53 Å². The van der Waals surface area contributed by atoms with Crippen LogP contribution in [0.1, 0.15) is 15.9 Å². The highest BCUT2D eigenvalue weighted by Gasteiger charge is 2.07. The molecule has 0 radical (unpaired) electrons. The van der Waals surface area contributed by atoms with Crippen LogP contribution in [0, 0.1) is 6.92 Å². The molecule has 0 aromatic heterocycles. The zero-order chi connectivity index (χ0) is 13.1. The van der Waals surface area contributed by atoms with Gasteiger partial charge in [0.2, 0.25) is 0 Å². The Morgan fingerprint density at radius 2 is 1.67 bits per heavy atom. The molecule has 0 aliphatic carbocycles. The molecule has 0 spiro atoms. The number of carbonyl (C=O) groups is 1. The third-order valence-corrected chi connectivity index (χ3v) is 2.55. The first kappa shape index (κ1) is 12.0. The molecule has 2 rings (SSSR count). The molecule has 18 heavy (non-hydrogen) atoms. The van der Waals surface area contributed by atoms with Crippen molar-refractivity contribution in [3.05, 3.63) is 53.6 Å². The topological polar surface area (TPSA) is 78.3 Å². The number of amides is 1. The molecule has 2 aromatic rings. The Hall–Kier alpha value is -2.49. The highest BCUT2D eigenvalue weighted by Crippen LogP contribution is 2.25. The summed E-state index contributed by atoms with van der Waals surface area (Å²) in [5.41, 5.74) is 12.6. The van der Waals surface area contributed by atoms with Crippen LogP contribution < -0.4 is 16.2 Å². The predicted octanol–water partition coefficient (Wildman–Crippen LogP) is 2.47. The monoisotopic (exact) mass is 242 g/mol. The molecule has 0 heterocycles. The number of carbonyl (C=O) groups excluding carboxylic acids is 1. The largest absolute Gasteiger partial charge is 0.457 e. The summed E-state index contributed by atoms with van der Waals surface area (Å²) in [5.74, 6) is 0.657. The minimum atomic E-state index is -0.568. The molecule has 0 aliphatic heterocycles. The van der Waals surface area contributed by atoms with Gasteiger partial charge in [-0.05, 0) is 37.3 Å². The first-order valence-electron chi connectivity index (χ1n) is 5.50. The fourth-order valence-electron chi connectivity index (χ4n) is 1.55. The van der Waals surface area contributed by atoms with Gasteiger partial charge in [-0.25, -0.2) is 0 Å². The fourth-order valence-corrected chi connectivity index (χ4v) is 1.55. The van der Waals surface area contributed by atoms with Crippen molar-refractivity contribution in [2.24, 2.45) is 5.73 Å². The Labute approximate surface area is 105 Å². The van der Waals surface area contributed by atoms with Gasteiger partial charge in [0.15, 0.2) is 0 Å². The van der Waals surface area contributed by atoms with E-state index in [4.69, 9.17) is 16.2 Å². The molecule has 1 amide bonds. The molecule has 0 bridgehead atoms. The van der Waals surface area contributed by atoms with Crippen LogP contribution in [0.25, 0.3) is 0 Å². The van der Waals surface area contributed by atoms with Gasteiger partial charge in [-0.2, -0.15) is 0 Å². The van der Waals surface area contributed by atoms with E-state index in [9.17, 15) is 4.79 Å². The number of primary amides is 1. The zero-order valence-corrected chi connectivity index (χ0v) is 10.0. The predicted molar refractivity (Wildman–Crippen MR) is 70.6 cm³/mol. The van der Waals surface area contributed by atoms with Gasteiger partial charge in [0, 0.05) is 5.69 Å². The lowest BCUT2D eigenvalue weighted by atomic mass is 10.1. The van der Waals surface area contributed by atoms with Crippen LogP contribution in [-0.4, -0.2) is 5.91 Å². The number of benzene rings is 2. The van der Waals surface area contributed by atoms with E-state index in [1.807, 2.05) is 31.2 Å². The smallest absolute Gasteiger partial charge is 0.250 e. The normalized spacial score (nSPS) is 10.1. The summed E-state index contributed by atoms with van der Waals surface area (Å²) in [6.45, 7) is 2.00. The van der Waals surface area contributed by atoms with Gasteiger partial charge in [-0.1, -0.05) is 17.7 Å². The van der Waals surface area contributed by atoms with Crippen molar-refractivity contribution >= 4 is 11.6 Å². The van der Waals surface area contributed by atoms with Crippen molar-refractivity contribution in [3.8, 4) is 11.5 Å². The molecule has 0 saturated carbocycles. The molecule has 4 heteroatoms. The van der Waals surface area contributed by atoms with Gasteiger partial charge in [0.05, 0.1) is 5.56 Å². The van der Waals surface area contributed by atoms with Crippen LogP contribution >= 0.6 is 0 Å². The van der Waals surface area contributed by atoms with Crippen LogP contribution in [0.4, 0.5) is 5.69 Å². The Morgan fingerprint density at radius 1 is 1.06 bits per heavy atom. The van der Waals surface area contributed by atoms with Gasteiger partial charge in [0.1, 0.15) is 11.5 Å². The minimum Gasteiger partial charge on any atom is -0.457 e. The number of hydrogen-bond acceptors (Lipinski definition) is 3. The standard InChI is InChI=1S/C14H14N2O2/c1-9-2-4-10(5-3-9)18-11-6-7-13(15)12(8-11)14(16)17/h2-8H,15H2,1H3,(H2,16,17). The molecule has 92 valence electrons. The lowest BCUT2D eigenvalue weighted by Crippen LogP contribution is -2.13. The Bertz CT molecular complexity index is 577. The number of hydrogen-bond donors (Lipinski definition) is 2. The number of anilines is 1. The molecular weight excluding hydrogens is 228 g/mol. The summed E-state index contributed by atoms with van der Waals surface area (Å²) in [4.78, 5) is 11.2. The lowest BCUT2D eigenvalue weighted by Gasteiger charge is -2.08. The maximum atomic E-state index is 11.2. The third-order valence-electron chi connectivity index (χ3n) is 2.55. The molecular formula is C14H14N2O2. The van der Waals surface area contributed by atoms with Crippen LogP contribution in [0.2, 0.25) is 0 Å². The van der Waals surface area contributed by atoms with Gasteiger partial charge < -0.3 is 16.2 Å². The molecule has 0 unspecified atom stereocenters. The Balaban J connectivity index is 2.27. The molecule has 0 aliphatic rings. The Kier molecular flexibility index (Phi) is 3.19. The van der Waals surface area contributed by atoms with Crippen LogP contribution in [-0.2, 0) is 0 Å². The molecule has 0 fully saturated rings. The molecule has 2 aromatic carbocycles. The van der Waals surface area contributed by atoms with E-state index in [2.05, 4.69) is 0 Å². The third kappa shape index (κ3) is 2.60. The first-order valence-corrected chi connectivity index (χ1v) is 5.50. The maximum absolute atomic E-state index is 11.2. The summed E-state index contributed by atoms with van der Waals surface area (Å²) < 4.78 is 5.62. The quantitative estimate of drug-likeness (QED) is 0.811. The summed E-state index contributed by atoms with van der Waals surface area (Å²) in [6, 6.07) is 12.4. The average Bonchev–Trinajstić information content (AvgIpc) is 2.34. The lowest BCUT2D eigenvalue weighted by molar-refractivity contribution is 0.100. The van der Waals surface area contributed by atoms with Gasteiger partial charge in [0.25, 0.3) is 5.91 Å². The van der Waals surface area contributed by atoms with Gasteiger partial charge in [-0.3, -0.25) is 4.79 Å². The van der Waals surface area contributed by atoms with Crippen molar-refractivity contribution in [1.29, 1.82) is 0 Å². The van der Waals surface area contributed by atoms with E-state index in [1.165, 1.54) is 6.07 Å². The van der Waals surface area contributed by atoms with Crippen molar-refractivity contribution in [1.82, 2.24) is 0 Å². The van der Waals surface area contributed by atoms with E-state index in [1.54, 1.807) is 12.1 Å². The van der Waals surface area contributed by atoms with Crippen LogP contribution in [0.3, 0.4) is 0 Å². The summed E-state index contributed by atoms with van der Waals surface area (Å²) in [7, 11) is 0. The molecule has 0 saturated heterocycles. The number of nitrogen functional groups attached to an aromatic ring is 1. The number of ether oxygens (including phenoxy) is 1. The fraction of sp³-hybridized carbons (Fsp3) is 0.0714. The second-order valence-electron chi connectivity index (χ2n) is 4.03. The first-order chi connectivity index (χ1) is 8.56. The zero-order valence-electron chi connectivity index (χ0n) is 10.0. The SMILES string of the molecule is Cc1ccc(Oc2ccc(N)c(C(N)=O)c2)cc1. The van der Waals surface area contributed by atoms with Gasteiger partial charge in [-0.15, -0.1) is 0 Å². The average molecular weight is 242 g/mol. The maximum Gasteiger partial charge on any atom is 0.250 e.